The summed E-state index contributed by atoms with van der Waals surface area (Å²) in [5.74, 6) is 1.38. The molecule has 0 saturated carbocycles. The van der Waals surface area contributed by atoms with Gasteiger partial charge in [0.05, 0.1) is 29.8 Å². The number of nitrogens with zero attached hydrogens (tertiary/aromatic N) is 3. The molecular formula is C18H23N5O4. The maximum absolute atomic E-state index is 12.2. The van der Waals surface area contributed by atoms with Gasteiger partial charge in [0.25, 0.3) is 6.47 Å². The molecule has 9 heteroatoms. The summed E-state index contributed by atoms with van der Waals surface area (Å²) in [6.45, 7) is 6.43. The molecule has 0 fully saturated rings. The minimum absolute atomic E-state index is 0.197. The van der Waals surface area contributed by atoms with Crippen LogP contribution in [0.15, 0.2) is 22.7 Å². The molecule has 2 heterocycles. The van der Waals surface area contributed by atoms with Gasteiger partial charge in [0, 0.05) is 13.1 Å². The van der Waals surface area contributed by atoms with E-state index in [4.69, 9.17) is 14.4 Å². The van der Waals surface area contributed by atoms with Gasteiger partial charge in [-0.15, -0.1) is 0 Å². The zero-order valence-corrected chi connectivity index (χ0v) is 15.7. The van der Waals surface area contributed by atoms with Crippen LogP contribution in [0.2, 0.25) is 0 Å². The fourth-order valence-electron chi connectivity index (χ4n) is 2.49. The molecule has 3 rings (SSSR count). The Labute approximate surface area is 156 Å². The van der Waals surface area contributed by atoms with Gasteiger partial charge in [-0.05, 0) is 44.0 Å². The number of carbonyl (C=O) groups excluding carboxylic acids is 1. The number of imidazole rings is 1. The number of urea groups is 1. The molecule has 144 valence electrons. The molecule has 0 aliphatic carbocycles. The lowest BCUT2D eigenvalue weighted by Crippen LogP contribution is -2.36. The molecule has 3 aromatic rings. The average Bonchev–Trinajstić information content (AvgIpc) is 3.19. The Bertz CT molecular complexity index is 892. The van der Waals surface area contributed by atoms with E-state index in [1.165, 1.54) is 11.1 Å². The van der Waals surface area contributed by atoms with Gasteiger partial charge in [-0.25, -0.2) is 9.78 Å². The number of carboxylic acid groups (broad SMARTS) is 1. The van der Waals surface area contributed by atoms with Crippen molar-refractivity contribution in [3.8, 4) is 0 Å². The van der Waals surface area contributed by atoms with Crippen LogP contribution in [0, 0.1) is 20.8 Å². The largest absolute Gasteiger partial charge is 0.483 e. The predicted octanol–water partition coefficient (Wildman–Crippen LogP) is 2.52. The Balaban J connectivity index is 0.000000817. The van der Waals surface area contributed by atoms with Crippen molar-refractivity contribution in [2.75, 3.05) is 7.05 Å². The van der Waals surface area contributed by atoms with Crippen molar-refractivity contribution in [3.05, 3.63) is 46.6 Å². The number of hydrogen-bond donors (Lipinski definition) is 3. The van der Waals surface area contributed by atoms with E-state index in [2.05, 4.69) is 46.4 Å². The molecule has 0 radical (unpaired) electrons. The standard InChI is InChI=1S/C17H21N5O2.CH2O2/c1-10-5-14-15(6-11(10)2)20-16(19-14)9-22(4)17(23)18-8-13-7-12(3)21-24-13;2-1-3/h5-7H,8-9H2,1-4H3,(H,18,23)(H,19,20);1H,(H,2,3). The molecule has 27 heavy (non-hydrogen) atoms. The Kier molecular flexibility index (Phi) is 6.53. The Hall–Kier alpha value is -3.36. The number of H-pyrrole nitrogens is 1. The van der Waals surface area contributed by atoms with Gasteiger partial charge in [-0.2, -0.15) is 0 Å². The Morgan fingerprint density at radius 3 is 2.59 bits per heavy atom. The first-order valence-electron chi connectivity index (χ1n) is 8.29. The molecule has 2 aromatic heterocycles. The Morgan fingerprint density at radius 2 is 1.96 bits per heavy atom. The van der Waals surface area contributed by atoms with Crippen LogP contribution in [-0.2, 0) is 17.9 Å². The van der Waals surface area contributed by atoms with Gasteiger partial charge in [-0.1, -0.05) is 5.16 Å². The topological polar surface area (TPSA) is 124 Å². The van der Waals surface area contributed by atoms with E-state index in [1.54, 1.807) is 18.0 Å². The summed E-state index contributed by atoms with van der Waals surface area (Å²) < 4.78 is 5.07. The lowest BCUT2D eigenvalue weighted by molar-refractivity contribution is -0.122. The zero-order chi connectivity index (χ0) is 20.0. The average molecular weight is 373 g/mol. The quantitative estimate of drug-likeness (QED) is 0.604. The number of hydrogen-bond acceptors (Lipinski definition) is 5. The van der Waals surface area contributed by atoms with Crippen LogP contribution >= 0.6 is 0 Å². The number of aryl methyl sites for hydroxylation is 3. The summed E-state index contributed by atoms with van der Waals surface area (Å²) in [5.41, 5.74) is 5.11. The molecule has 0 unspecified atom stereocenters. The first kappa shape index (κ1) is 20.0. The van der Waals surface area contributed by atoms with E-state index in [-0.39, 0.29) is 12.5 Å². The number of aromatic amines is 1. The SMILES string of the molecule is Cc1cc(CNC(=O)N(C)Cc2nc3cc(C)c(C)cc3[nH]2)on1.O=CO. The number of aromatic nitrogens is 3. The van der Waals surface area contributed by atoms with Gasteiger partial charge >= 0.3 is 6.03 Å². The minimum Gasteiger partial charge on any atom is -0.483 e. The van der Waals surface area contributed by atoms with Crippen molar-refractivity contribution in [3.63, 3.8) is 0 Å². The molecule has 0 spiro atoms. The highest BCUT2D eigenvalue weighted by Crippen LogP contribution is 2.17. The highest BCUT2D eigenvalue weighted by Gasteiger charge is 2.13. The molecule has 0 bridgehead atoms. The van der Waals surface area contributed by atoms with E-state index >= 15 is 0 Å². The van der Waals surface area contributed by atoms with Crippen molar-refractivity contribution in [1.29, 1.82) is 0 Å². The van der Waals surface area contributed by atoms with E-state index in [0.29, 0.717) is 18.8 Å². The third kappa shape index (κ3) is 5.30. The first-order valence-corrected chi connectivity index (χ1v) is 8.29. The highest BCUT2D eigenvalue weighted by atomic mass is 16.5. The lowest BCUT2D eigenvalue weighted by atomic mass is 10.1. The maximum atomic E-state index is 12.2. The van der Waals surface area contributed by atoms with E-state index in [1.807, 2.05) is 6.92 Å². The van der Waals surface area contributed by atoms with Crippen molar-refractivity contribution < 1.29 is 19.2 Å². The molecule has 9 nitrogen and oxygen atoms in total. The summed E-state index contributed by atoms with van der Waals surface area (Å²) >= 11 is 0. The second kappa shape index (κ2) is 8.84. The van der Waals surface area contributed by atoms with E-state index in [9.17, 15) is 4.79 Å². The van der Waals surface area contributed by atoms with Crippen molar-refractivity contribution >= 4 is 23.5 Å². The van der Waals surface area contributed by atoms with Crippen LogP contribution in [0.25, 0.3) is 11.0 Å². The number of fused-ring (bicyclic) bond motifs is 1. The highest BCUT2D eigenvalue weighted by molar-refractivity contribution is 5.77. The lowest BCUT2D eigenvalue weighted by Gasteiger charge is -2.15. The molecule has 0 atom stereocenters. The van der Waals surface area contributed by atoms with Crippen LogP contribution in [0.3, 0.4) is 0 Å². The first-order chi connectivity index (χ1) is 12.8. The molecule has 1 aromatic carbocycles. The zero-order valence-electron chi connectivity index (χ0n) is 15.7. The number of amides is 2. The second-order valence-corrected chi connectivity index (χ2v) is 6.19. The summed E-state index contributed by atoms with van der Waals surface area (Å²) in [6.07, 6.45) is 0. The summed E-state index contributed by atoms with van der Waals surface area (Å²) in [5, 5.41) is 13.5. The fourth-order valence-corrected chi connectivity index (χ4v) is 2.49. The van der Waals surface area contributed by atoms with Gasteiger partial charge in [0.2, 0.25) is 0 Å². The molecule has 0 saturated heterocycles. The van der Waals surface area contributed by atoms with Gasteiger partial charge in [0.1, 0.15) is 5.82 Å². The van der Waals surface area contributed by atoms with Crippen LogP contribution < -0.4 is 5.32 Å². The van der Waals surface area contributed by atoms with Crippen molar-refractivity contribution in [2.45, 2.75) is 33.9 Å². The van der Waals surface area contributed by atoms with Gasteiger partial charge < -0.3 is 24.8 Å². The van der Waals surface area contributed by atoms with Crippen molar-refractivity contribution in [1.82, 2.24) is 25.3 Å². The molecule has 0 aliphatic heterocycles. The minimum atomic E-state index is -0.250. The van der Waals surface area contributed by atoms with E-state index in [0.717, 1.165) is 22.6 Å². The second-order valence-electron chi connectivity index (χ2n) is 6.19. The van der Waals surface area contributed by atoms with Crippen LogP contribution in [-0.4, -0.2) is 44.7 Å². The monoisotopic (exact) mass is 373 g/mol. The number of rotatable bonds is 4. The van der Waals surface area contributed by atoms with Crippen LogP contribution in [0.4, 0.5) is 4.79 Å². The van der Waals surface area contributed by atoms with Crippen molar-refractivity contribution in [2.24, 2.45) is 0 Å². The number of carbonyl (C=O) groups is 2. The molecule has 0 aliphatic rings. The maximum Gasteiger partial charge on any atom is 0.317 e. The Morgan fingerprint density at radius 1 is 1.30 bits per heavy atom. The van der Waals surface area contributed by atoms with Crippen LogP contribution in [0.1, 0.15) is 28.4 Å². The number of nitrogens with one attached hydrogen (secondary N) is 2. The predicted molar refractivity (Wildman–Crippen MR) is 99.2 cm³/mol. The fraction of sp³-hybridized carbons (Fsp3) is 0.333. The smallest absolute Gasteiger partial charge is 0.317 e. The third-order valence-corrected chi connectivity index (χ3v) is 3.97. The normalized spacial score (nSPS) is 10.2. The molecular weight excluding hydrogens is 350 g/mol. The molecule has 3 N–H and O–H groups in total. The third-order valence-electron chi connectivity index (χ3n) is 3.97. The summed E-state index contributed by atoms with van der Waals surface area (Å²) in [6, 6.07) is 5.73. The van der Waals surface area contributed by atoms with E-state index < -0.39 is 0 Å². The molecule has 2 amide bonds. The summed E-state index contributed by atoms with van der Waals surface area (Å²) in [4.78, 5) is 29.9. The summed E-state index contributed by atoms with van der Waals surface area (Å²) in [7, 11) is 1.73. The van der Waals surface area contributed by atoms with Crippen LogP contribution in [0.5, 0.6) is 0 Å². The number of benzene rings is 1. The van der Waals surface area contributed by atoms with Gasteiger partial charge in [0.15, 0.2) is 5.76 Å². The van der Waals surface area contributed by atoms with Gasteiger partial charge in [-0.3, -0.25) is 4.79 Å².